The summed E-state index contributed by atoms with van der Waals surface area (Å²) in [6.45, 7) is 10.3. The number of hydrogen-bond donors (Lipinski definition) is 2. The molecule has 0 saturated heterocycles. The summed E-state index contributed by atoms with van der Waals surface area (Å²) in [7, 11) is 0. The van der Waals surface area contributed by atoms with Gasteiger partial charge < -0.3 is 15.4 Å². The van der Waals surface area contributed by atoms with Gasteiger partial charge in [0.1, 0.15) is 0 Å². The Balaban J connectivity index is 1.72. The second-order valence-corrected chi connectivity index (χ2v) is 6.86. The summed E-state index contributed by atoms with van der Waals surface area (Å²) < 4.78 is 7.52. The van der Waals surface area contributed by atoms with Crippen molar-refractivity contribution in [1.29, 1.82) is 0 Å². The van der Waals surface area contributed by atoms with Crippen LogP contribution in [0.2, 0.25) is 0 Å². The number of para-hydroxylation sites is 1. The fourth-order valence-electron chi connectivity index (χ4n) is 2.52. The van der Waals surface area contributed by atoms with Crippen LogP contribution < -0.4 is 10.6 Å². The highest BCUT2D eigenvalue weighted by atomic mass is 16.5. The molecule has 0 atom stereocenters. The van der Waals surface area contributed by atoms with Crippen LogP contribution in [0, 0.1) is 5.92 Å². The van der Waals surface area contributed by atoms with Crippen LogP contribution in [0.1, 0.15) is 32.8 Å². The summed E-state index contributed by atoms with van der Waals surface area (Å²) in [6.07, 6.45) is 5.98. The van der Waals surface area contributed by atoms with Crippen molar-refractivity contribution in [2.75, 3.05) is 32.8 Å². The molecule has 1 heterocycles. The maximum Gasteiger partial charge on any atom is 0.191 e. The van der Waals surface area contributed by atoms with Gasteiger partial charge in [-0.15, -0.1) is 0 Å². The van der Waals surface area contributed by atoms with Gasteiger partial charge in [0.05, 0.1) is 25.0 Å². The van der Waals surface area contributed by atoms with E-state index in [1.54, 1.807) is 0 Å². The molecule has 0 amide bonds. The molecule has 2 rings (SSSR count). The number of aromatic nitrogens is 2. The summed E-state index contributed by atoms with van der Waals surface area (Å²) in [5.74, 6) is 1.51. The standard InChI is InChI=1S/C21H33N5O/c1-4-22-21(24-13-15-27-14-11-18(2)3)23-12-10-19-16-25-26(17-19)20-8-6-5-7-9-20/h5-9,16-18H,4,10-15H2,1-3H3,(H2,22,23,24). The summed E-state index contributed by atoms with van der Waals surface area (Å²) >= 11 is 0. The normalized spacial score (nSPS) is 11.8. The molecule has 1 aromatic heterocycles. The Hall–Kier alpha value is -2.34. The van der Waals surface area contributed by atoms with Gasteiger partial charge in [0, 0.05) is 25.9 Å². The smallest absolute Gasteiger partial charge is 0.191 e. The van der Waals surface area contributed by atoms with Crippen molar-refractivity contribution in [2.45, 2.75) is 33.6 Å². The van der Waals surface area contributed by atoms with Crippen LogP contribution in [-0.4, -0.2) is 48.6 Å². The minimum absolute atomic E-state index is 0.660. The molecule has 0 fully saturated rings. The van der Waals surface area contributed by atoms with Crippen LogP contribution >= 0.6 is 0 Å². The predicted octanol–water partition coefficient (Wildman–Crippen LogP) is 3.03. The third-order valence-electron chi connectivity index (χ3n) is 4.05. The molecule has 148 valence electrons. The van der Waals surface area contributed by atoms with Gasteiger partial charge in [0.2, 0.25) is 0 Å². The van der Waals surface area contributed by atoms with E-state index in [-0.39, 0.29) is 0 Å². The van der Waals surface area contributed by atoms with Crippen LogP contribution in [0.3, 0.4) is 0 Å². The van der Waals surface area contributed by atoms with Crippen LogP contribution in [0.5, 0.6) is 0 Å². The molecule has 6 heteroatoms. The lowest BCUT2D eigenvalue weighted by Gasteiger charge is -2.11. The second-order valence-electron chi connectivity index (χ2n) is 6.86. The van der Waals surface area contributed by atoms with Crippen molar-refractivity contribution < 1.29 is 4.74 Å². The molecule has 2 N–H and O–H groups in total. The third kappa shape index (κ3) is 8.26. The summed E-state index contributed by atoms with van der Waals surface area (Å²) in [4.78, 5) is 4.56. The first-order valence-corrected chi connectivity index (χ1v) is 9.88. The average Bonchev–Trinajstić information content (AvgIpc) is 3.14. The zero-order valence-electron chi connectivity index (χ0n) is 16.8. The summed E-state index contributed by atoms with van der Waals surface area (Å²) in [6, 6.07) is 10.1. The van der Waals surface area contributed by atoms with Crippen molar-refractivity contribution in [3.8, 4) is 5.69 Å². The topological polar surface area (TPSA) is 63.5 Å². The highest BCUT2D eigenvalue weighted by molar-refractivity contribution is 5.79. The predicted molar refractivity (Wildman–Crippen MR) is 112 cm³/mol. The lowest BCUT2D eigenvalue weighted by atomic mass is 10.1. The Morgan fingerprint density at radius 2 is 2.00 bits per heavy atom. The fraction of sp³-hybridized carbons (Fsp3) is 0.524. The maximum atomic E-state index is 5.62. The highest BCUT2D eigenvalue weighted by Gasteiger charge is 2.02. The Kier molecular flexibility index (Phi) is 9.41. The van der Waals surface area contributed by atoms with E-state index in [4.69, 9.17) is 4.74 Å². The average molecular weight is 372 g/mol. The van der Waals surface area contributed by atoms with Crippen LogP contribution in [-0.2, 0) is 11.2 Å². The molecule has 0 aliphatic carbocycles. The van der Waals surface area contributed by atoms with E-state index in [0.717, 1.165) is 44.2 Å². The van der Waals surface area contributed by atoms with Crippen molar-refractivity contribution in [2.24, 2.45) is 10.9 Å². The van der Waals surface area contributed by atoms with Gasteiger partial charge in [-0.3, -0.25) is 4.99 Å². The van der Waals surface area contributed by atoms with E-state index in [0.29, 0.717) is 19.1 Å². The molecule has 2 aromatic rings. The summed E-state index contributed by atoms with van der Waals surface area (Å²) in [5, 5.41) is 11.1. The van der Waals surface area contributed by atoms with E-state index < -0.39 is 0 Å². The molecule has 0 unspecified atom stereocenters. The Labute approximate surface area is 163 Å². The van der Waals surface area contributed by atoms with E-state index in [2.05, 4.69) is 47.7 Å². The number of aliphatic imine (C=N–C) groups is 1. The lowest BCUT2D eigenvalue weighted by Crippen LogP contribution is -2.38. The molecular weight excluding hydrogens is 338 g/mol. The number of guanidine groups is 1. The van der Waals surface area contributed by atoms with E-state index in [9.17, 15) is 0 Å². The van der Waals surface area contributed by atoms with Crippen molar-refractivity contribution in [3.05, 3.63) is 48.3 Å². The van der Waals surface area contributed by atoms with Gasteiger partial charge in [-0.05, 0) is 43.4 Å². The number of benzene rings is 1. The van der Waals surface area contributed by atoms with Gasteiger partial charge >= 0.3 is 0 Å². The van der Waals surface area contributed by atoms with Crippen molar-refractivity contribution >= 4 is 5.96 Å². The molecule has 1 aromatic carbocycles. The molecule has 0 spiro atoms. The van der Waals surface area contributed by atoms with Crippen molar-refractivity contribution in [3.63, 3.8) is 0 Å². The van der Waals surface area contributed by atoms with Crippen LogP contribution in [0.15, 0.2) is 47.7 Å². The minimum Gasteiger partial charge on any atom is -0.380 e. The van der Waals surface area contributed by atoms with Gasteiger partial charge in [-0.1, -0.05) is 32.0 Å². The molecule has 0 bridgehead atoms. The molecule has 0 saturated carbocycles. The minimum atomic E-state index is 0.660. The van der Waals surface area contributed by atoms with Gasteiger partial charge in [-0.2, -0.15) is 5.10 Å². The number of nitrogens with zero attached hydrogens (tertiary/aromatic N) is 3. The summed E-state index contributed by atoms with van der Waals surface area (Å²) in [5.41, 5.74) is 2.27. The van der Waals surface area contributed by atoms with E-state index >= 15 is 0 Å². The Bertz CT molecular complexity index is 666. The number of hydrogen-bond acceptors (Lipinski definition) is 3. The quantitative estimate of drug-likeness (QED) is 0.362. The largest absolute Gasteiger partial charge is 0.380 e. The maximum absolute atomic E-state index is 5.62. The molecule has 0 aliphatic heterocycles. The zero-order valence-corrected chi connectivity index (χ0v) is 16.8. The van der Waals surface area contributed by atoms with Gasteiger partial charge in [-0.25, -0.2) is 4.68 Å². The number of nitrogens with one attached hydrogen (secondary N) is 2. The fourth-order valence-corrected chi connectivity index (χ4v) is 2.52. The van der Waals surface area contributed by atoms with Crippen LogP contribution in [0.4, 0.5) is 0 Å². The van der Waals surface area contributed by atoms with E-state index in [1.807, 2.05) is 41.2 Å². The van der Waals surface area contributed by atoms with Gasteiger partial charge in [0.15, 0.2) is 5.96 Å². The number of ether oxygens (including phenoxy) is 1. The first-order chi connectivity index (χ1) is 13.2. The molecule has 0 aliphatic rings. The molecule has 6 nitrogen and oxygen atoms in total. The lowest BCUT2D eigenvalue weighted by molar-refractivity contribution is 0.130. The molecule has 0 radical (unpaired) electrons. The Morgan fingerprint density at radius 1 is 1.19 bits per heavy atom. The first-order valence-electron chi connectivity index (χ1n) is 9.88. The van der Waals surface area contributed by atoms with Crippen LogP contribution in [0.25, 0.3) is 5.69 Å². The number of rotatable bonds is 11. The first kappa shape index (κ1) is 21.0. The van der Waals surface area contributed by atoms with E-state index in [1.165, 1.54) is 5.56 Å². The zero-order chi connectivity index (χ0) is 19.3. The Morgan fingerprint density at radius 3 is 2.74 bits per heavy atom. The second kappa shape index (κ2) is 12.1. The third-order valence-corrected chi connectivity index (χ3v) is 4.05. The molecule has 27 heavy (non-hydrogen) atoms. The molecular formula is C21H33N5O. The highest BCUT2D eigenvalue weighted by Crippen LogP contribution is 2.07. The monoisotopic (exact) mass is 371 g/mol. The van der Waals surface area contributed by atoms with Crippen molar-refractivity contribution in [1.82, 2.24) is 20.4 Å². The van der Waals surface area contributed by atoms with Gasteiger partial charge in [0.25, 0.3) is 0 Å². The SMILES string of the molecule is CCNC(=NCCOCCC(C)C)NCCc1cnn(-c2ccccc2)c1.